The minimum absolute atomic E-state index is 0.124. The first-order chi connectivity index (χ1) is 11.6. The van der Waals surface area contributed by atoms with Crippen molar-refractivity contribution in [3.05, 3.63) is 53.6 Å². The van der Waals surface area contributed by atoms with Crippen molar-refractivity contribution in [2.24, 2.45) is 0 Å². The van der Waals surface area contributed by atoms with Crippen LogP contribution in [0.5, 0.6) is 17.2 Å². The van der Waals surface area contributed by atoms with Crippen molar-refractivity contribution in [1.82, 2.24) is 5.32 Å². The molecular weight excluding hydrogens is 302 g/mol. The standard InChI is InChI=1S/C20H27NO3/c1-5-23-20-12-16(10-11-19(20)24-15(2)3)13-21-14-17-8-6-7-9-18(17)22-4/h6-12,15,21H,5,13-14H2,1-4H3. The zero-order chi connectivity index (χ0) is 17.4. The van der Waals surface area contributed by atoms with Gasteiger partial charge < -0.3 is 19.5 Å². The second-order valence-electron chi connectivity index (χ2n) is 5.80. The molecule has 2 aromatic rings. The molecule has 4 nitrogen and oxygen atoms in total. The number of hydrogen-bond acceptors (Lipinski definition) is 4. The van der Waals surface area contributed by atoms with Crippen molar-refractivity contribution < 1.29 is 14.2 Å². The molecule has 0 amide bonds. The Balaban J connectivity index is 2.00. The van der Waals surface area contributed by atoms with Crippen LogP contribution in [0.2, 0.25) is 0 Å². The lowest BCUT2D eigenvalue weighted by molar-refractivity contribution is 0.223. The van der Waals surface area contributed by atoms with Gasteiger partial charge in [0.2, 0.25) is 0 Å². The van der Waals surface area contributed by atoms with E-state index in [9.17, 15) is 0 Å². The number of benzene rings is 2. The normalized spacial score (nSPS) is 10.7. The molecule has 0 heterocycles. The molecule has 0 saturated carbocycles. The van der Waals surface area contributed by atoms with Gasteiger partial charge in [-0.1, -0.05) is 24.3 Å². The number of ether oxygens (including phenoxy) is 3. The van der Waals surface area contributed by atoms with Crippen LogP contribution in [-0.4, -0.2) is 19.8 Å². The molecule has 0 fully saturated rings. The summed E-state index contributed by atoms with van der Waals surface area (Å²) in [7, 11) is 1.70. The monoisotopic (exact) mass is 329 g/mol. The maximum atomic E-state index is 5.80. The van der Waals surface area contributed by atoms with Gasteiger partial charge in [-0.25, -0.2) is 0 Å². The molecule has 0 spiro atoms. The summed E-state index contributed by atoms with van der Waals surface area (Å²) in [4.78, 5) is 0. The molecule has 130 valence electrons. The molecule has 0 aliphatic carbocycles. The summed E-state index contributed by atoms with van der Waals surface area (Å²) in [5.74, 6) is 2.49. The van der Waals surface area contributed by atoms with E-state index in [0.717, 1.165) is 41.5 Å². The van der Waals surface area contributed by atoms with Crippen molar-refractivity contribution in [3.8, 4) is 17.2 Å². The molecule has 0 unspecified atom stereocenters. The van der Waals surface area contributed by atoms with Crippen LogP contribution in [0.3, 0.4) is 0 Å². The number of methoxy groups -OCH3 is 1. The summed E-state index contributed by atoms with van der Waals surface area (Å²) in [6.45, 7) is 8.12. The second kappa shape index (κ2) is 9.18. The van der Waals surface area contributed by atoms with E-state index < -0.39 is 0 Å². The van der Waals surface area contributed by atoms with Gasteiger partial charge in [-0.15, -0.1) is 0 Å². The number of para-hydroxylation sites is 1. The Morgan fingerprint density at radius 3 is 2.46 bits per heavy atom. The Morgan fingerprint density at radius 1 is 0.958 bits per heavy atom. The smallest absolute Gasteiger partial charge is 0.161 e. The van der Waals surface area contributed by atoms with E-state index >= 15 is 0 Å². The summed E-state index contributed by atoms with van der Waals surface area (Å²) in [5, 5.41) is 3.45. The molecule has 0 aliphatic heterocycles. The zero-order valence-corrected chi connectivity index (χ0v) is 15.0. The third-order valence-corrected chi connectivity index (χ3v) is 3.51. The largest absolute Gasteiger partial charge is 0.496 e. The number of hydrogen-bond donors (Lipinski definition) is 1. The Kier molecular flexibility index (Phi) is 6.94. The Hall–Kier alpha value is -2.20. The highest BCUT2D eigenvalue weighted by Gasteiger charge is 2.08. The molecule has 0 aromatic heterocycles. The van der Waals surface area contributed by atoms with E-state index in [1.165, 1.54) is 0 Å². The Morgan fingerprint density at radius 2 is 1.75 bits per heavy atom. The summed E-state index contributed by atoms with van der Waals surface area (Å²) in [6, 6.07) is 14.1. The van der Waals surface area contributed by atoms with Crippen molar-refractivity contribution in [1.29, 1.82) is 0 Å². The molecule has 0 saturated heterocycles. The van der Waals surface area contributed by atoms with Crippen molar-refractivity contribution in [3.63, 3.8) is 0 Å². The summed E-state index contributed by atoms with van der Waals surface area (Å²) >= 11 is 0. The number of rotatable bonds is 9. The maximum absolute atomic E-state index is 5.80. The van der Waals surface area contributed by atoms with E-state index in [1.54, 1.807) is 7.11 Å². The molecule has 0 aliphatic rings. The van der Waals surface area contributed by atoms with Gasteiger partial charge in [0.15, 0.2) is 11.5 Å². The molecule has 2 rings (SSSR count). The molecule has 0 bridgehead atoms. The van der Waals surface area contributed by atoms with Crippen LogP contribution in [0, 0.1) is 0 Å². The fourth-order valence-corrected chi connectivity index (χ4v) is 2.47. The summed E-state index contributed by atoms with van der Waals surface area (Å²) in [6.07, 6.45) is 0.124. The van der Waals surface area contributed by atoms with Gasteiger partial charge in [0.05, 0.1) is 19.8 Å². The van der Waals surface area contributed by atoms with Crippen LogP contribution < -0.4 is 19.5 Å². The Bertz CT molecular complexity index is 641. The first-order valence-corrected chi connectivity index (χ1v) is 8.39. The lowest BCUT2D eigenvalue weighted by atomic mass is 10.1. The third kappa shape index (κ3) is 5.17. The predicted molar refractivity (Wildman–Crippen MR) is 96.9 cm³/mol. The van der Waals surface area contributed by atoms with Gasteiger partial charge in [0.1, 0.15) is 5.75 Å². The highest BCUT2D eigenvalue weighted by molar-refractivity contribution is 5.43. The van der Waals surface area contributed by atoms with E-state index in [1.807, 2.05) is 51.1 Å². The molecular formula is C20H27NO3. The maximum Gasteiger partial charge on any atom is 0.161 e. The molecule has 0 atom stereocenters. The summed E-state index contributed by atoms with van der Waals surface area (Å²) in [5.41, 5.74) is 2.30. The predicted octanol–water partition coefficient (Wildman–Crippen LogP) is 4.17. The zero-order valence-electron chi connectivity index (χ0n) is 15.0. The number of nitrogens with one attached hydrogen (secondary N) is 1. The van der Waals surface area contributed by atoms with Crippen molar-refractivity contribution in [2.45, 2.75) is 40.0 Å². The molecule has 2 aromatic carbocycles. The van der Waals surface area contributed by atoms with Crippen molar-refractivity contribution >= 4 is 0 Å². The lowest BCUT2D eigenvalue weighted by Gasteiger charge is -2.16. The topological polar surface area (TPSA) is 39.7 Å². The fraction of sp³-hybridized carbons (Fsp3) is 0.400. The van der Waals surface area contributed by atoms with Gasteiger partial charge in [-0.2, -0.15) is 0 Å². The van der Waals surface area contributed by atoms with E-state index in [4.69, 9.17) is 14.2 Å². The van der Waals surface area contributed by atoms with Gasteiger partial charge >= 0.3 is 0 Å². The highest BCUT2D eigenvalue weighted by Crippen LogP contribution is 2.29. The van der Waals surface area contributed by atoms with Crippen LogP contribution in [0.25, 0.3) is 0 Å². The van der Waals surface area contributed by atoms with Gasteiger partial charge in [0.25, 0.3) is 0 Å². The van der Waals surface area contributed by atoms with Crippen molar-refractivity contribution in [2.75, 3.05) is 13.7 Å². The van der Waals surface area contributed by atoms with Crippen LogP contribution in [-0.2, 0) is 13.1 Å². The first kappa shape index (κ1) is 18.1. The van der Waals surface area contributed by atoms with E-state index in [2.05, 4.69) is 17.4 Å². The van der Waals surface area contributed by atoms with Gasteiger partial charge in [0, 0.05) is 18.7 Å². The Labute approximate surface area is 144 Å². The van der Waals surface area contributed by atoms with Crippen LogP contribution in [0.4, 0.5) is 0 Å². The quantitative estimate of drug-likeness (QED) is 0.749. The highest BCUT2D eigenvalue weighted by atomic mass is 16.5. The van der Waals surface area contributed by atoms with Gasteiger partial charge in [-0.3, -0.25) is 0 Å². The average molecular weight is 329 g/mol. The fourth-order valence-electron chi connectivity index (χ4n) is 2.47. The summed E-state index contributed by atoms with van der Waals surface area (Å²) < 4.78 is 16.9. The van der Waals surface area contributed by atoms with Gasteiger partial charge in [-0.05, 0) is 44.5 Å². The minimum Gasteiger partial charge on any atom is -0.496 e. The molecule has 0 radical (unpaired) electrons. The van der Waals surface area contributed by atoms with E-state index in [0.29, 0.717) is 6.61 Å². The van der Waals surface area contributed by atoms with Crippen LogP contribution in [0.15, 0.2) is 42.5 Å². The average Bonchev–Trinajstić information content (AvgIpc) is 2.57. The minimum atomic E-state index is 0.124. The first-order valence-electron chi connectivity index (χ1n) is 8.39. The van der Waals surface area contributed by atoms with Crippen LogP contribution in [0.1, 0.15) is 31.9 Å². The third-order valence-electron chi connectivity index (χ3n) is 3.51. The SMILES string of the molecule is CCOc1cc(CNCc2ccccc2OC)ccc1OC(C)C. The molecule has 24 heavy (non-hydrogen) atoms. The molecule has 4 heteroatoms. The van der Waals surface area contributed by atoms with Crippen LogP contribution >= 0.6 is 0 Å². The lowest BCUT2D eigenvalue weighted by Crippen LogP contribution is -2.14. The van der Waals surface area contributed by atoms with E-state index in [-0.39, 0.29) is 6.10 Å². The second-order valence-corrected chi connectivity index (χ2v) is 5.80. The molecule has 1 N–H and O–H groups in total.